The van der Waals surface area contributed by atoms with E-state index in [1.54, 1.807) is 4.90 Å². The molecule has 5 heteroatoms. The predicted octanol–water partition coefficient (Wildman–Crippen LogP) is 1.06. The molecular formula is C14H23N3O2. The minimum atomic E-state index is -0.269. The molecule has 0 aliphatic heterocycles. The molecule has 1 rings (SSSR count). The Balaban J connectivity index is 2.41. The Morgan fingerprint density at radius 3 is 2.21 bits per heavy atom. The quantitative estimate of drug-likeness (QED) is 0.738. The number of carbonyl (C=O) groups excluding carboxylic acids is 1. The lowest BCUT2D eigenvalue weighted by Crippen LogP contribution is -2.40. The molecule has 0 fully saturated rings. The fourth-order valence-electron chi connectivity index (χ4n) is 1.60. The van der Waals surface area contributed by atoms with E-state index in [-0.39, 0.29) is 6.09 Å². The second-order valence-electron chi connectivity index (χ2n) is 4.23. The Morgan fingerprint density at radius 1 is 1.11 bits per heavy atom. The van der Waals surface area contributed by atoms with Gasteiger partial charge in [0.25, 0.3) is 0 Å². The second kappa shape index (κ2) is 9.35. The predicted molar refractivity (Wildman–Crippen MR) is 76.1 cm³/mol. The van der Waals surface area contributed by atoms with Crippen molar-refractivity contribution in [1.82, 2.24) is 15.5 Å². The molecule has 19 heavy (non-hydrogen) atoms. The van der Waals surface area contributed by atoms with E-state index in [0.717, 1.165) is 18.7 Å². The van der Waals surface area contributed by atoms with Crippen molar-refractivity contribution in [2.45, 2.75) is 6.61 Å². The summed E-state index contributed by atoms with van der Waals surface area (Å²) in [7, 11) is 3.73. The van der Waals surface area contributed by atoms with Gasteiger partial charge in [0.15, 0.2) is 0 Å². The number of likely N-dealkylation sites (N-methyl/N-ethyl adjacent to an activating group) is 2. The van der Waals surface area contributed by atoms with Gasteiger partial charge < -0.3 is 20.3 Å². The van der Waals surface area contributed by atoms with Crippen LogP contribution in [-0.2, 0) is 11.3 Å². The average molecular weight is 265 g/mol. The summed E-state index contributed by atoms with van der Waals surface area (Å²) >= 11 is 0. The maximum Gasteiger partial charge on any atom is 0.410 e. The molecule has 5 nitrogen and oxygen atoms in total. The number of amides is 1. The van der Waals surface area contributed by atoms with Crippen molar-refractivity contribution < 1.29 is 9.53 Å². The van der Waals surface area contributed by atoms with Gasteiger partial charge in [-0.1, -0.05) is 30.3 Å². The lowest BCUT2D eigenvalue weighted by atomic mass is 10.2. The summed E-state index contributed by atoms with van der Waals surface area (Å²) in [6.45, 7) is 3.11. The van der Waals surface area contributed by atoms with Gasteiger partial charge in [0.2, 0.25) is 0 Å². The van der Waals surface area contributed by atoms with E-state index in [4.69, 9.17) is 4.74 Å². The van der Waals surface area contributed by atoms with Crippen molar-refractivity contribution in [2.24, 2.45) is 0 Å². The van der Waals surface area contributed by atoms with Crippen LogP contribution in [0.2, 0.25) is 0 Å². The van der Waals surface area contributed by atoms with E-state index in [9.17, 15) is 4.79 Å². The van der Waals surface area contributed by atoms with E-state index < -0.39 is 0 Å². The standard InChI is InChI=1S/C14H23N3O2/c1-15-8-10-17(11-9-16-2)14(18)19-12-13-6-4-3-5-7-13/h3-7,15-16H,8-12H2,1-2H3. The van der Waals surface area contributed by atoms with Crippen LogP contribution < -0.4 is 10.6 Å². The number of rotatable bonds is 8. The number of benzene rings is 1. The van der Waals surface area contributed by atoms with Gasteiger partial charge >= 0.3 is 6.09 Å². The van der Waals surface area contributed by atoms with Gasteiger partial charge in [0.05, 0.1) is 0 Å². The molecule has 106 valence electrons. The molecule has 0 heterocycles. The molecule has 1 aromatic carbocycles. The first-order valence-corrected chi connectivity index (χ1v) is 6.52. The zero-order valence-corrected chi connectivity index (χ0v) is 11.7. The molecule has 0 aromatic heterocycles. The second-order valence-corrected chi connectivity index (χ2v) is 4.23. The number of nitrogens with zero attached hydrogens (tertiary/aromatic N) is 1. The molecule has 0 radical (unpaired) electrons. The highest BCUT2D eigenvalue weighted by Gasteiger charge is 2.13. The van der Waals surface area contributed by atoms with E-state index in [0.29, 0.717) is 19.7 Å². The highest BCUT2D eigenvalue weighted by Crippen LogP contribution is 2.03. The zero-order valence-electron chi connectivity index (χ0n) is 11.7. The maximum absolute atomic E-state index is 12.0. The van der Waals surface area contributed by atoms with Crippen molar-refractivity contribution in [3.05, 3.63) is 35.9 Å². The van der Waals surface area contributed by atoms with Crippen molar-refractivity contribution in [3.63, 3.8) is 0 Å². The number of ether oxygens (including phenoxy) is 1. The van der Waals surface area contributed by atoms with Crippen LogP contribution in [0.4, 0.5) is 4.79 Å². The third-order valence-corrected chi connectivity index (χ3v) is 2.73. The van der Waals surface area contributed by atoms with Crippen LogP contribution in [0.5, 0.6) is 0 Å². The van der Waals surface area contributed by atoms with E-state index in [1.165, 1.54) is 0 Å². The Bertz CT molecular complexity index is 349. The lowest BCUT2D eigenvalue weighted by molar-refractivity contribution is 0.0970. The SMILES string of the molecule is CNCCN(CCNC)C(=O)OCc1ccccc1. The van der Waals surface area contributed by atoms with Crippen molar-refractivity contribution in [1.29, 1.82) is 0 Å². The molecule has 0 bridgehead atoms. The molecule has 0 saturated carbocycles. The van der Waals surface area contributed by atoms with E-state index >= 15 is 0 Å². The number of hydrogen-bond donors (Lipinski definition) is 2. The van der Waals surface area contributed by atoms with E-state index in [2.05, 4.69) is 10.6 Å². The fraction of sp³-hybridized carbons (Fsp3) is 0.500. The molecule has 0 spiro atoms. The Morgan fingerprint density at radius 2 is 1.68 bits per heavy atom. The fourth-order valence-corrected chi connectivity index (χ4v) is 1.60. The van der Waals surface area contributed by atoms with Gasteiger partial charge in [-0.05, 0) is 19.7 Å². The summed E-state index contributed by atoms with van der Waals surface area (Å²) in [6.07, 6.45) is -0.269. The van der Waals surface area contributed by atoms with Gasteiger partial charge in [0.1, 0.15) is 6.61 Å². The molecule has 0 aliphatic rings. The van der Waals surface area contributed by atoms with Crippen LogP contribution in [0.25, 0.3) is 0 Å². The molecule has 1 amide bonds. The minimum absolute atomic E-state index is 0.269. The average Bonchev–Trinajstić information content (AvgIpc) is 2.46. The molecule has 0 aliphatic carbocycles. The smallest absolute Gasteiger partial charge is 0.410 e. The van der Waals surface area contributed by atoms with Crippen molar-refractivity contribution in [3.8, 4) is 0 Å². The third-order valence-electron chi connectivity index (χ3n) is 2.73. The minimum Gasteiger partial charge on any atom is -0.445 e. The summed E-state index contributed by atoms with van der Waals surface area (Å²) in [5, 5.41) is 6.07. The third kappa shape index (κ3) is 6.22. The first-order valence-electron chi connectivity index (χ1n) is 6.52. The molecule has 0 saturated heterocycles. The van der Waals surface area contributed by atoms with Gasteiger partial charge in [-0.2, -0.15) is 0 Å². The largest absolute Gasteiger partial charge is 0.445 e. The summed E-state index contributed by atoms with van der Waals surface area (Å²) < 4.78 is 5.32. The first kappa shape index (κ1) is 15.5. The highest BCUT2D eigenvalue weighted by molar-refractivity contribution is 5.67. The topological polar surface area (TPSA) is 53.6 Å². The molecular weight excluding hydrogens is 242 g/mol. The monoisotopic (exact) mass is 265 g/mol. The summed E-state index contributed by atoms with van der Waals surface area (Å²) in [6, 6.07) is 9.70. The van der Waals surface area contributed by atoms with Crippen LogP contribution in [0, 0.1) is 0 Å². The van der Waals surface area contributed by atoms with Gasteiger partial charge in [-0.15, -0.1) is 0 Å². The van der Waals surface area contributed by atoms with Gasteiger partial charge in [-0.3, -0.25) is 0 Å². The van der Waals surface area contributed by atoms with E-state index in [1.807, 2.05) is 44.4 Å². The number of nitrogens with one attached hydrogen (secondary N) is 2. The van der Waals surface area contributed by atoms with Crippen molar-refractivity contribution in [2.75, 3.05) is 40.3 Å². The van der Waals surface area contributed by atoms with Crippen LogP contribution >= 0.6 is 0 Å². The van der Waals surface area contributed by atoms with Gasteiger partial charge in [0, 0.05) is 26.2 Å². The van der Waals surface area contributed by atoms with Crippen LogP contribution in [-0.4, -0.2) is 51.3 Å². The highest BCUT2D eigenvalue weighted by atomic mass is 16.6. The zero-order chi connectivity index (χ0) is 13.9. The Kier molecular flexibility index (Phi) is 7.62. The Hall–Kier alpha value is -1.59. The Labute approximate surface area is 114 Å². The number of hydrogen-bond acceptors (Lipinski definition) is 4. The molecule has 1 aromatic rings. The van der Waals surface area contributed by atoms with Crippen molar-refractivity contribution >= 4 is 6.09 Å². The van der Waals surface area contributed by atoms with Crippen LogP contribution in [0.3, 0.4) is 0 Å². The lowest BCUT2D eigenvalue weighted by Gasteiger charge is -2.21. The maximum atomic E-state index is 12.0. The number of carbonyl (C=O) groups is 1. The molecule has 0 atom stereocenters. The first-order chi connectivity index (χ1) is 9.27. The molecule has 2 N–H and O–H groups in total. The summed E-state index contributed by atoms with van der Waals surface area (Å²) in [5.41, 5.74) is 0.998. The van der Waals surface area contributed by atoms with Crippen LogP contribution in [0.1, 0.15) is 5.56 Å². The summed E-state index contributed by atoms with van der Waals surface area (Å²) in [5.74, 6) is 0. The van der Waals surface area contributed by atoms with Gasteiger partial charge in [-0.25, -0.2) is 4.79 Å². The normalized spacial score (nSPS) is 10.2. The van der Waals surface area contributed by atoms with Crippen LogP contribution in [0.15, 0.2) is 30.3 Å². The molecule has 0 unspecified atom stereocenters. The summed E-state index contributed by atoms with van der Waals surface area (Å²) in [4.78, 5) is 13.7.